The van der Waals surface area contributed by atoms with E-state index in [4.69, 9.17) is 9.84 Å². The van der Waals surface area contributed by atoms with E-state index in [2.05, 4.69) is 11.0 Å². The van der Waals surface area contributed by atoms with Crippen LogP contribution in [0, 0.1) is 0 Å². The van der Waals surface area contributed by atoms with E-state index < -0.39 is 5.97 Å². The molecule has 0 unspecified atom stereocenters. The molecule has 4 nitrogen and oxygen atoms in total. The molecule has 0 radical (unpaired) electrons. The third-order valence-electron chi connectivity index (χ3n) is 3.40. The number of carbonyl (C=O) groups is 1. The lowest BCUT2D eigenvalue weighted by Crippen LogP contribution is -2.33. The molecule has 0 spiro atoms. The van der Waals surface area contributed by atoms with Crippen molar-refractivity contribution in [1.82, 2.24) is 4.90 Å². The van der Waals surface area contributed by atoms with Gasteiger partial charge in [0.15, 0.2) is 0 Å². The fourth-order valence-corrected chi connectivity index (χ4v) is 2.43. The van der Waals surface area contributed by atoms with E-state index >= 15 is 0 Å². The van der Waals surface area contributed by atoms with E-state index in [0.717, 1.165) is 38.2 Å². The normalized spacial score (nSPS) is 15.6. The van der Waals surface area contributed by atoms with Gasteiger partial charge in [0.1, 0.15) is 0 Å². The number of hydrogen-bond donors (Lipinski definition) is 1. The number of aliphatic carboxylic acids is 1. The Morgan fingerprint density at radius 1 is 1.53 bits per heavy atom. The molecule has 1 aliphatic rings. The molecule has 1 heterocycles. The van der Waals surface area contributed by atoms with Gasteiger partial charge >= 0.3 is 5.97 Å². The van der Waals surface area contributed by atoms with E-state index in [9.17, 15) is 4.79 Å². The first kappa shape index (κ1) is 13.8. The first-order valence-corrected chi connectivity index (χ1v) is 6.44. The van der Waals surface area contributed by atoms with E-state index in [1.54, 1.807) is 13.2 Å². The summed E-state index contributed by atoms with van der Waals surface area (Å²) in [5, 5.41) is 8.71. The Morgan fingerprint density at radius 2 is 2.37 bits per heavy atom. The summed E-state index contributed by atoms with van der Waals surface area (Å²) < 4.78 is 5.10. The van der Waals surface area contributed by atoms with E-state index in [1.807, 2.05) is 12.1 Å². The Morgan fingerprint density at radius 3 is 3.11 bits per heavy atom. The zero-order valence-electron chi connectivity index (χ0n) is 11.1. The van der Waals surface area contributed by atoms with Crippen molar-refractivity contribution >= 4 is 12.0 Å². The molecule has 4 heteroatoms. The number of nitrogens with zero attached hydrogens (tertiary/aromatic N) is 1. The zero-order valence-corrected chi connectivity index (χ0v) is 11.1. The molecule has 0 saturated heterocycles. The average molecular weight is 261 g/mol. The third kappa shape index (κ3) is 3.66. The quantitative estimate of drug-likeness (QED) is 0.821. The van der Waals surface area contributed by atoms with Gasteiger partial charge in [-0.15, -0.1) is 0 Å². The molecule has 1 aliphatic heterocycles. The van der Waals surface area contributed by atoms with Crippen molar-refractivity contribution in [2.75, 3.05) is 26.8 Å². The number of rotatable bonds is 5. The van der Waals surface area contributed by atoms with Crippen molar-refractivity contribution in [2.45, 2.75) is 13.0 Å². The fraction of sp³-hybridized carbons (Fsp3) is 0.400. The predicted octanol–water partition coefficient (Wildman–Crippen LogP) is 1.79. The summed E-state index contributed by atoms with van der Waals surface area (Å²) in [6.45, 7) is 3.58. The van der Waals surface area contributed by atoms with Crippen molar-refractivity contribution in [1.29, 1.82) is 0 Å². The van der Waals surface area contributed by atoms with Gasteiger partial charge < -0.3 is 9.84 Å². The lowest BCUT2D eigenvalue weighted by Gasteiger charge is -2.29. The zero-order chi connectivity index (χ0) is 13.7. The van der Waals surface area contributed by atoms with Crippen molar-refractivity contribution in [3.8, 4) is 0 Å². The highest BCUT2D eigenvalue weighted by Gasteiger charge is 2.17. The molecule has 0 amide bonds. The number of ether oxygens (including phenoxy) is 1. The van der Waals surface area contributed by atoms with Crippen LogP contribution in [0.1, 0.15) is 16.7 Å². The molecular formula is C15H19NO3. The second-order valence-electron chi connectivity index (χ2n) is 4.68. The number of fused-ring (bicyclic) bond motifs is 1. The number of carboxylic acid groups (broad SMARTS) is 1. The van der Waals surface area contributed by atoms with Crippen LogP contribution in [0.2, 0.25) is 0 Å². The molecule has 0 aromatic heterocycles. The van der Waals surface area contributed by atoms with Crippen LogP contribution < -0.4 is 0 Å². The highest BCUT2D eigenvalue weighted by molar-refractivity contribution is 5.85. The van der Waals surface area contributed by atoms with Gasteiger partial charge in [0, 0.05) is 32.8 Å². The van der Waals surface area contributed by atoms with Gasteiger partial charge in [-0.05, 0) is 29.2 Å². The molecule has 0 bridgehead atoms. The Kier molecular flexibility index (Phi) is 4.71. The van der Waals surface area contributed by atoms with E-state index in [1.165, 1.54) is 17.2 Å². The van der Waals surface area contributed by atoms with Gasteiger partial charge in [0.05, 0.1) is 6.61 Å². The fourth-order valence-electron chi connectivity index (χ4n) is 2.43. The van der Waals surface area contributed by atoms with Crippen molar-refractivity contribution in [3.05, 3.63) is 41.0 Å². The first-order chi connectivity index (χ1) is 9.20. The molecule has 1 aromatic rings. The van der Waals surface area contributed by atoms with Crippen molar-refractivity contribution in [2.24, 2.45) is 0 Å². The maximum Gasteiger partial charge on any atom is 0.328 e. The van der Waals surface area contributed by atoms with Gasteiger partial charge in [-0.1, -0.05) is 18.2 Å². The molecule has 2 rings (SSSR count). The van der Waals surface area contributed by atoms with Crippen LogP contribution in [-0.2, 0) is 22.5 Å². The largest absolute Gasteiger partial charge is 0.478 e. The first-order valence-electron chi connectivity index (χ1n) is 6.44. The van der Waals surface area contributed by atoms with Gasteiger partial charge in [-0.2, -0.15) is 0 Å². The third-order valence-corrected chi connectivity index (χ3v) is 3.40. The van der Waals surface area contributed by atoms with Crippen LogP contribution in [0.25, 0.3) is 6.08 Å². The summed E-state index contributed by atoms with van der Waals surface area (Å²) in [7, 11) is 1.71. The lowest BCUT2D eigenvalue weighted by atomic mass is 9.94. The summed E-state index contributed by atoms with van der Waals surface area (Å²) >= 11 is 0. The molecule has 0 saturated carbocycles. The van der Waals surface area contributed by atoms with Crippen LogP contribution in [0.15, 0.2) is 24.3 Å². The minimum atomic E-state index is -0.907. The summed E-state index contributed by atoms with van der Waals surface area (Å²) in [5.74, 6) is -0.907. The van der Waals surface area contributed by atoms with Gasteiger partial charge in [0.2, 0.25) is 0 Å². The standard InChI is InChI=1S/C15H19NO3/c1-19-10-9-16-8-7-14-12(5-6-15(17)18)3-2-4-13(14)11-16/h2-6H,7-11H2,1H3,(H,17,18). The maximum absolute atomic E-state index is 10.6. The highest BCUT2D eigenvalue weighted by atomic mass is 16.5. The van der Waals surface area contributed by atoms with Gasteiger partial charge in [-0.25, -0.2) is 4.79 Å². The minimum Gasteiger partial charge on any atom is -0.478 e. The summed E-state index contributed by atoms with van der Waals surface area (Å²) in [6.07, 6.45) is 3.85. The topological polar surface area (TPSA) is 49.8 Å². The number of benzene rings is 1. The highest BCUT2D eigenvalue weighted by Crippen LogP contribution is 2.23. The monoisotopic (exact) mass is 261 g/mol. The number of hydrogen-bond acceptors (Lipinski definition) is 3. The summed E-state index contributed by atoms with van der Waals surface area (Å²) in [4.78, 5) is 13.0. The second-order valence-corrected chi connectivity index (χ2v) is 4.68. The Bertz CT molecular complexity index is 482. The van der Waals surface area contributed by atoms with Crippen LogP contribution in [0.3, 0.4) is 0 Å². The smallest absolute Gasteiger partial charge is 0.328 e. The molecule has 0 fully saturated rings. The van der Waals surface area contributed by atoms with Crippen LogP contribution in [-0.4, -0.2) is 42.8 Å². The summed E-state index contributed by atoms with van der Waals surface area (Å²) in [6, 6.07) is 6.08. The van der Waals surface area contributed by atoms with Crippen LogP contribution >= 0.6 is 0 Å². The van der Waals surface area contributed by atoms with Crippen molar-refractivity contribution < 1.29 is 14.6 Å². The van der Waals surface area contributed by atoms with E-state index in [-0.39, 0.29) is 0 Å². The summed E-state index contributed by atoms with van der Waals surface area (Å²) in [5.41, 5.74) is 3.58. The Hall–Kier alpha value is -1.65. The molecule has 1 aromatic carbocycles. The second kappa shape index (κ2) is 6.50. The predicted molar refractivity (Wildman–Crippen MR) is 74.0 cm³/mol. The van der Waals surface area contributed by atoms with Gasteiger partial charge in [0.25, 0.3) is 0 Å². The molecule has 102 valence electrons. The molecule has 0 atom stereocenters. The SMILES string of the molecule is COCCN1CCc2c(C=CC(=O)O)cccc2C1. The molecule has 1 N–H and O–H groups in total. The Balaban J connectivity index is 2.14. The minimum absolute atomic E-state index is 0.744. The van der Waals surface area contributed by atoms with E-state index in [0.29, 0.717) is 0 Å². The lowest BCUT2D eigenvalue weighted by molar-refractivity contribution is -0.131. The molecule has 0 aliphatic carbocycles. The van der Waals surface area contributed by atoms with Gasteiger partial charge in [-0.3, -0.25) is 4.90 Å². The average Bonchev–Trinajstić information content (AvgIpc) is 2.42. The molecule has 19 heavy (non-hydrogen) atoms. The number of methoxy groups -OCH3 is 1. The number of carboxylic acids is 1. The van der Waals surface area contributed by atoms with Crippen LogP contribution in [0.4, 0.5) is 0 Å². The van der Waals surface area contributed by atoms with Crippen LogP contribution in [0.5, 0.6) is 0 Å². The maximum atomic E-state index is 10.6. The Labute approximate surface area is 113 Å². The molecular weight excluding hydrogens is 242 g/mol. The van der Waals surface area contributed by atoms with Crippen molar-refractivity contribution in [3.63, 3.8) is 0 Å².